The molecule has 0 aliphatic heterocycles. The summed E-state index contributed by atoms with van der Waals surface area (Å²) in [5, 5.41) is 8.88. The molecule has 0 bridgehead atoms. The van der Waals surface area contributed by atoms with E-state index < -0.39 is 0 Å². The molecule has 5 heteroatoms. The quantitative estimate of drug-likeness (QED) is 0.329. The van der Waals surface area contributed by atoms with Crippen LogP contribution in [0.1, 0.15) is 34.1 Å². The third kappa shape index (κ3) is 4.62. The summed E-state index contributed by atoms with van der Waals surface area (Å²) in [6.45, 7) is 1.95. The number of halogens is 1. The summed E-state index contributed by atoms with van der Waals surface area (Å²) in [4.78, 5) is 13.6. The van der Waals surface area contributed by atoms with Crippen LogP contribution in [0.4, 0.5) is 0 Å². The number of amides is 1. The fourth-order valence-corrected chi connectivity index (χ4v) is 4.20. The standard InChI is InChI=1S/C26H24BrN3O/c1-19-24(26(31)28-23(17-18-27)20-11-5-2-6-12-20)25(21-13-7-3-8-14-21)29-30(19)22-15-9-4-10-16-22/h2-16,23H,17-18H2,1H3,(H,28,31). The molecule has 0 saturated carbocycles. The number of para-hydroxylation sites is 1. The number of nitrogens with zero attached hydrogens (tertiary/aromatic N) is 2. The van der Waals surface area contributed by atoms with Gasteiger partial charge in [-0.3, -0.25) is 4.79 Å². The highest BCUT2D eigenvalue weighted by Crippen LogP contribution is 2.28. The minimum atomic E-state index is -0.117. The summed E-state index contributed by atoms with van der Waals surface area (Å²) in [6.07, 6.45) is 0.794. The first-order valence-electron chi connectivity index (χ1n) is 10.3. The van der Waals surface area contributed by atoms with E-state index in [1.807, 2.05) is 103 Å². The smallest absolute Gasteiger partial charge is 0.255 e. The average molecular weight is 474 g/mol. The first-order valence-corrected chi connectivity index (χ1v) is 11.4. The molecule has 0 fully saturated rings. The number of alkyl halides is 1. The molecule has 1 atom stereocenters. The predicted molar refractivity (Wildman–Crippen MR) is 129 cm³/mol. The molecule has 0 spiro atoms. The van der Waals surface area contributed by atoms with Crippen molar-refractivity contribution in [1.29, 1.82) is 0 Å². The number of carbonyl (C=O) groups is 1. The van der Waals surface area contributed by atoms with Crippen molar-refractivity contribution in [2.75, 3.05) is 5.33 Å². The van der Waals surface area contributed by atoms with Gasteiger partial charge >= 0.3 is 0 Å². The minimum Gasteiger partial charge on any atom is -0.345 e. The molecule has 1 aromatic heterocycles. The Morgan fingerprint density at radius 3 is 2.13 bits per heavy atom. The van der Waals surface area contributed by atoms with Crippen LogP contribution < -0.4 is 5.32 Å². The van der Waals surface area contributed by atoms with E-state index in [1.165, 1.54) is 0 Å². The molecule has 1 heterocycles. The molecule has 31 heavy (non-hydrogen) atoms. The van der Waals surface area contributed by atoms with Crippen molar-refractivity contribution in [2.24, 2.45) is 0 Å². The SMILES string of the molecule is Cc1c(C(=O)NC(CCBr)c2ccccc2)c(-c2ccccc2)nn1-c1ccccc1. The molecule has 4 rings (SSSR count). The molecular weight excluding hydrogens is 450 g/mol. The largest absolute Gasteiger partial charge is 0.345 e. The molecular formula is C26H24BrN3O. The van der Waals surface area contributed by atoms with Gasteiger partial charge in [0.25, 0.3) is 5.91 Å². The van der Waals surface area contributed by atoms with Gasteiger partial charge in [-0.05, 0) is 31.0 Å². The van der Waals surface area contributed by atoms with Gasteiger partial charge in [0.1, 0.15) is 5.69 Å². The van der Waals surface area contributed by atoms with Crippen molar-refractivity contribution in [3.05, 3.63) is 108 Å². The van der Waals surface area contributed by atoms with E-state index >= 15 is 0 Å². The fraction of sp³-hybridized carbons (Fsp3) is 0.154. The van der Waals surface area contributed by atoms with Crippen LogP contribution in [0, 0.1) is 6.92 Å². The van der Waals surface area contributed by atoms with Gasteiger partial charge in [0.05, 0.1) is 23.0 Å². The van der Waals surface area contributed by atoms with Crippen LogP contribution in [-0.4, -0.2) is 21.0 Å². The number of hydrogen-bond donors (Lipinski definition) is 1. The second-order valence-electron chi connectivity index (χ2n) is 7.34. The van der Waals surface area contributed by atoms with Crippen molar-refractivity contribution >= 4 is 21.8 Å². The minimum absolute atomic E-state index is 0.0869. The molecule has 0 saturated heterocycles. The first-order chi connectivity index (χ1) is 15.2. The van der Waals surface area contributed by atoms with Gasteiger partial charge in [-0.25, -0.2) is 4.68 Å². The number of aromatic nitrogens is 2. The number of carbonyl (C=O) groups excluding carboxylic acids is 1. The van der Waals surface area contributed by atoms with Gasteiger partial charge in [0.15, 0.2) is 0 Å². The third-order valence-corrected chi connectivity index (χ3v) is 5.75. The summed E-state index contributed by atoms with van der Waals surface area (Å²) in [5.74, 6) is -0.117. The van der Waals surface area contributed by atoms with Crippen molar-refractivity contribution < 1.29 is 4.79 Å². The van der Waals surface area contributed by atoms with E-state index in [1.54, 1.807) is 0 Å². The van der Waals surface area contributed by atoms with E-state index in [0.717, 1.165) is 34.3 Å². The Labute approximate surface area is 191 Å². The Morgan fingerprint density at radius 1 is 0.935 bits per heavy atom. The lowest BCUT2D eigenvalue weighted by atomic mass is 10.0. The Morgan fingerprint density at radius 2 is 1.52 bits per heavy atom. The van der Waals surface area contributed by atoms with Gasteiger partial charge in [-0.1, -0.05) is 94.8 Å². The normalized spacial score (nSPS) is 11.8. The summed E-state index contributed by atoms with van der Waals surface area (Å²) >= 11 is 3.53. The van der Waals surface area contributed by atoms with E-state index in [-0.39, 0.29) is 11.9 Å². The van der Waals surface area contributed by atoms with Crippen LogP contribution in [-0.2, 0) is 0 Å². The van der Waals surface area contributed by atoms with Gasteiger partial charge in [-0.2, -0.15) is 5.10 Å². The zero-order valence-corrected chi connectivity index (χ0v) is 18.9. The highest BCUT2D eigenvalue weighted by atomic mass is 79.9. The van der Waals surface area contributed by atoms with Crippen molar-refractivity contribution in [1.82, 2.24) is 15.1 Å². The summed E-state index contributed by atoms with van der Waals surface area (Å²) in [7, 11) is 0. The fourth-order valence-electron chi connectivity index (χ4n) is 3.74. The van der Waals surface area contributed by atoms with Crippen LogP contribution in [0.25, 0.3) is 16.9 Å². The highest BCUT2D eigenvalue weighted by molar-refractivity contribution is 9.09. The molecule has 3 aromatic carbocycles. The lowest BCUT2D eigenvalue weighted by molar-refractivity contribution is 0.0936. The molecule has 1 unspecified atom stereocenters. The molecule has 4 aromatic rings. The van der Waals surface area contributed by atoms with Crippen molar-refractivity contribution in [3.8, 4) is 16.9 Å². The van der Waals surface area contributed by atoms with Crippen LogP contribution in [0.3, 0.4) is 0 Å². The molecule has 1 N–H and O–H groups in total. The first kappa shape index (κ1) is 21.1. The van der Waals surface area contributed by atoms with E-state index in [4.69, 9.17) is 5.10 Å². The average Bonchev–Trinajstić information content (AvgIpc) is 3.17. The summed E-state index contributed by atoms with van der Waals surface area (Å²) in [6, 6.07) is 29.8. The van der Waals surface area contributed by atoms with Crippen LogP contribution >= 0.6 is 15.9 Å². The van der Waals surface area contributed by atoms with E-state index in [2.05, 4.69) is 21.2 Å². The maximum absolute atomic E-state index is 13.6. The molecule has 156 valence electrons. The molecule has 0 aliphatic rings. The predicted octanol–water partition coefficient (Wildman–Crippen LogP) is 6.10. The van der Waals surface area contributed by atoms with Crippen LogP contribution in [0.15, 0.2) is 91.0 Å². The Hall–Kier alpha value is -3.18. The van der Waals surface area contributed by atoms with Gasteiger partial charge in [0.2, 0.25) is 0 Å². The second kappa shape index (κ2) is 9.75. The second-order valence-corrected chi connectivity index (χ2v) is 8.13. The Kier molecular flexibility index (Phi) is 6.63. The van der Waals surface area contributed by atoms with Gasteiger partial charge < -0.3 is 5.32 Å². The zero-order valence-electron chi connectivity index (χ0n) is 17.3. The number of rotatable bonds is 7. The summed E-state index contributed by atoms with van der Waals surface area (Å²) < 4.78 is 1.85. The molecule has 4 nitrogen and oxygen atoms in total. The van der Waals surface area contributed by atoms with Gasteiger partial charge in [0, 0.05) is 10.9 Å². The van der Waals surface area contributed by atoms with Crippen LogP contribution in [0.5, 0.6) is 0 Å². The molecule has 0 aliphatic carbocycles. The highest BCUT2D eigenvalue weighted by Gasteiger charge is 2.25. The van der Waals surface area contributed by atoms with Crippen LogP contribution in [0.2, 0.25) is 0 Å². The van der Waals surface area contributed by atoms with Crippen molar-refractivity contribution in [3.63, 3.8) is 0 Å². The monoisotopic (exact) mass is 473 g/mol. The topological polar surface area (TPSA) is 46.9 Å². The van der Waals surface area contributed by atoms with Crippen molar-refractivity contribution in [2.45, 2.75) is 19.4 Å². The maximum atomic E-state index is 13.6. The Balaban J connectivity index is 1.77. The van der Waals surface area contributed by atoms with E-state index in [9.17, 15) is 4.79 Å². The third-order valence-electron chi connectivity index (χ3n) is 5.30. The number of hydrogen-bond acceptors (Lipinski definition) is 2. The molecule has 0 radical (unpaired) electrons. The maximum Gasteiger partial charge on any atom is 0.255 e. The summed E-state index contributed by atoms with van der Waals surface area (Å²) in [5.41, 5.74) is 5.03. The number of nitrogens with one attached hydrogen (secondary N) is 1. The van der Waals surface area contributed by atoms with Gasteiger partial charge in [-0.15, -0.1) is 0 Å². The lowest BCUT2D eigenvalue weighted by Gasteiger charge is -2.19. The number of benzene rings is 3. The van der Waals surface area contributed by atoms with E-state index in [0.29, 0.717) is 11.3 Å². The Bertz CT molecular complexity index is 1140. The molecule has 1 amide bonds. The lowest BCUT2D eigenvalue weighted by Crippen LogP contribution is -2.29. The zero-order chi connectivity index (χ0) is 21.6.